The Balaban J connectivity index is 2.26. The maximum atomic E-state index is 9.30. The number of nitriles is 1. The summed E-state index contributed by atoms with van der Waals surface area (Å²) in [5.74, 6) is 0. The first-order valence-electron chi connectivity index (χ1n) is 6.08. The van der Waals surface area contributed by atoms with Gasteiger partial charge in [0.05, 0.1) is 24.8 Å². The second-order valence-corrected chi connectivity index (χ2v) is 4.41. The maximum absolute atomic E-state index is 9.30. The molecule has 2 nitrogen and oxygen atoms in total. The van der Waals surface area contributed by atoms with Gasteiger partial charge in [-0.3, -0.25) is 0 Å². The average molecular weight is 235 g/mol. The van der Waals surface area contributed by atoms with Gasteiger partial charge in [-0.05, 0) is 29.2 Å². The lowest BCUT2D eigenvalue weighted by molar-refractivity contribution is 0.111. The van der Waals surface area contributed by atoms with Crippen LogP contribution in [0.15, 0.2) is 42.5 Å². The predicted molar refractivity (Wildman–Crippen MR) is 70.0 cm³/mol. The van der Waals surface area contributed by atoms with Gasteiger partial charge in [0.15, 0.2) is 0 Å². The minimum atomic E-state index is 0.654. The van der Waals surface area contributed by atoms with Gasteiger partial charge in [0, 0.05) is 5.56 Å². The number of benzene rings is 2. The summed E-state index contributed by atoms with van der Waals surface area (Å²) in [6, 6.07) is 16.4. The fraction of sp³-hybridized carbons (Fsp3) is 0.188. The third-order valence-electron chi connectivity index (χ3n) is 3.35. The summed E-state index contributed by atoms with van der Waals surface area (Å²) in [4.78, 5) is 0. The summed E-state index contributed by atoms with van der Waals surface area (Å²) in [6.07, 6.45) is 0.884. The normalized spacial score (nSPS) is 13.7. The van der Waals surface area contributed by atoms with E-state index in [2.05, 4.69) is 18.2 Å². The van der Waals surface area contributed by atoms with Crippen molar-refractivity contribution >= 4 is 0 Å². The smallest absolute Gasteiger partial charge is 0.0998 e. The molecule has 2 heteroatoms. The van der Waals surface area contributed by atoms with E-state index >= 15 is 0 Å². The van der Waals surface area contributed by atoms with Crippen LogP contribution in [0, 0.1) is 11.3 Å². The van der Waals surface area contributed by atoms with Gasteiger partial charge in [0.2, 0.25) is 0 Å². The van der Waals surface area contributed by atoms with Crippen LogP contribution in [0.5, 0.6) is 0 Å². The highest BCUT2D eigenvalue weighted by Gasteiger charge is 2.17. The van der Waals surface area contributed by atoms with Gasteiger partial charge >= 0.3 is 0 Å². The maximum Gasteiger partial charge on any atom is 0.0998 e. The van der Waals surface area contributed by atoms with Gasteiger partial charge in [-0.1, -0.05) is 36.4 Å². The van der Waals surface area contributed by atoms with Crippen molar-refractivity contribution in [3.63, 3.8) is 0 Å². The third-order valence-corrected chi connectivity index (χ3v) is 3.35. The Morgan fingerprint density at radius 1 is 1.06 bits per heavy atom. The van der Waals surface area contributed by atoms with Crippen LogP contribution >= 0.6 is 0 Å². The van der Waals surface area contributed by atoms with Gasteiger partial charge in [-0.25, -0.2) is 0 Å². The highest BCUT2D eigenvalue weighted by Crippen LogP contribution is 2.32. The molecule has 0 N–H and O–H groups in total. The highest BCUT2D eigenvalue weighted by atomic mass is 16.5. The molecule has 1 aliphatic heterocycles. The molecule has 88 valence electrons. The molecule has 1 aliphatic rings. The molecule has 0 saturated heterocycles. The van der Waals surface area contributed by atoms with E-state index in [4.69, 9.17) is 4.74 Å². The molecular weight excluding hydrogens is 222 g/mol. The number of nitrogens with zero attached hydrogens (tertiary/aromatic N) is 1. The molecule has 0 amide bonds. The quantitative estimate of drug-likeness (QED) is 0.759. The van der Waals surface area contributed by atoms with Crippen molar-refractivity contribution in [3.05, 3.63) is 59.2 Å². The molecule has 0 radical (unpaired) electrons. The molecule has 2 aromatic rings. The zero-order valence-electron chi connectivity index (χ0n) is 10.0. The van der Waals surface area contributed by atoms with Crippen LogP contribution in [-0.4, -0.2) is 6.61 Å². The van der Waals surface area contributed by atoms with E-state index in [1.807, 2.05) is 30.3 Å². The second kappa shape index (κ2) is 4.64. The molecule has 0 spiro atoms. The molecule has 0 bridgehead atoms. The lowest BCUT2D eigenvalue weighted by atomic mass is 9.89. The molecule has 0 fully saturated rings. The van der Waals surface area contributed by atoms with E-state index in [1.54, 1.807) is 0 Å². The van der Waals surface area contributed by atoms with Crippen molar-refractivity contribution in [1.82, 2.24) is 0 Å². The minimum Gasteiger partial charge on any atom is -0.376 e. The molecule has 0 saturated carbocycles. The number of rotatable bonds is 1. The van der Waals surface area contributed by atoms with Crippen molar-refractivity contribution in [2.45, 2.75) is 13.0 Å². The van der Waals surface area contributed by atoms with E-state index in [1.165, 1.54) is 11.1 Å². The molecule has 0 atom stereocenters. The largest absolute Gasteiger partial charge is 0.376 e. The Morgan fingerprint density at radius 3 is 2.67 bits per heavy atom. The minimum absolute atomic E-state index is 0.654. The van der Waals surface area contributed by atoms with Crippen LogP contribution in [0.1, 0.15) is 16.7 Å². The first-order chi connectivity index (χ1) is 8.90. The van der Waals surface area contributed by atoms with E-state index in [-0.39, 0.29) is 0 Å². The summed E-state index contributed by atoms with van der Waals surface area (Å²) >= 11 is 0. The fourth-order valence-corrected chi connectivity index (χ4v) is 2.50. The Labute approximate surface area is 106 Å². The Bertz CT molecular complexity index is 611. The number of hydrogen-bond acceptors (Lipinski definition) is 2. The summed E-state index contributed by atoms with van der Waals surface area (Å²) < 4.78 is 5.48. The standard InChI is InChI=1S/C16H13NO/c17-10-13-6-7-14-11-18-9-8-15(14)16(13)12-4-2-1-3-5-12/h1-7H,8-9,11H2. The number of hydrogen-bond donors (Lipinski definition) is 0. The second-order valence-electron chi connectivity index (χ2n) is 4.41. The van der Waals surface area contributed by atoms with Crippen molar-refractivity contribution < 1.29 is 4.74 Å². The van der Waals surface area contributed by atoms with E-state index in [0.29, 0.717) is 6.61 Å². The first-order valence-corrected chi connectivity index (χ1v) is 6.08. The van der Waals surface area contributed by atoms with Crippen LogP contribution in [0.2, 0.25) is 0 Å². The summed E-state index contributed by atoms with van der Waals surface area (Å²) in [5, 5.41) is 9.30. The van der Waals surface area contributed by atoms with Crippen LogP contribution in [0.25, 0.3) is 11.1 Å². The zero-order chi connectivity index (χ0) is 12.4. The third kappa shape index (κ3) is 1.79. The molecule has 2 aromatic carbocycles. The molecule has 3 rings (SSSR count). The molecule has 0 aliphatic carbocycles. The van der Waals surface area contributed by atoms with E-state index in [9.17, 15) is 5.26 Å². The average Bonchev–Trinajstić information content (AvgIpc) is 2.47. The SMILES string of the molecule is N#Cc1ccc2c(c1-c1ccccc1)CCOC2. The van der Waals surface area contributed by atoms with Crippen molar-refractivity contribution in [3.8, 4) is 17.2 Å². The van der Waals surface area contributed by atoms with Gasteiger partial charge < -0.3 is 4.74 Å². The van der Waals surface area contributed by atoms with Crippen LogP contribution in [-0.2, 0) is 17.8 Å². The van der Waals surface area contributed by atoms with E-state index in [0.717, 1.165) is 29.7 Å². The number of fused-ring (bicyclic) bond motifs is 1. The Morgan fingerprint density at radius 2 is 1.89 bits per heavy atom. The monoisotopic (exact) mass is 235 g/mol. The van der Waals surface area contributed by atoms with Gasteiger partial charge in [0.25, 0.3) is 0 Å². The summed E-state index contributed by atoms with van der Waals surface area (Å²) in [7, 11) is 0. The summed E-state index contributed by atoms with van der Waals surface area (Å²) in [5.41, 5.74) is 5.43. The molecular formula is C16H13NO. The highest BCUT2D eigenvalue weighted by molar-refractivity contribution is 5.75. The molecule has 1 heterocycles. The van der Waals surface area contributed by atoms with E-state index < -0.39 is 0 Å². The van der Waals surface area contributed by atoms with Crippen LogP contribution in [0.3, 0.4) is 0 Å². The van der Waals surface area contributed by atoms with Crippen LogP contribution in [0.4, 0.5) is 0 Å². The first kappa shape index (κ1) is 11.0. The Hall–Kier alpha value is -2.11. The molecule has 0 aromatic heterocycles. The fourth-order valence-electron chi connectivity index (χ4n) is 2.50. The predicted octanol–water partition coefficient (Wildman–Crippen LogP) is 3.30. The Kier molecular flexibility index (Phi) is 2.84. The molecule has 18 heavy (non-hydrogen) atoms. The lowest BCUT2D eigenvalue weighted by Gasteiger charge is -2.21. The van der Waals surface area contributed by atoms with Crippen LogP contribution < -0.4 is 0 Å². The van der Waals surface area contributed by atoms with Gasteiger partial charge in [-0.15, -0.1) is 0 Å². The van der Waals surface area contributed by atoms with Gasteiger partial charge in [-0.2, -0.15) is 5.26 Å². The van der Waals surface area contributed by atoms with Crippen molar-refractivity contribution in [2.75, 3.05) is 6.61 Å². The number of ether oxygens (including phenoxy) is 1. The van der Waals surface area contributed by atoms with Gasteiger partial charge in [0.1, 0.15) is 0 Å². The summed E-state index contributed by atoms with van der Waals surface area (Å²) in [6.45, 7) is 1.39. The molecule has 0 unspecified atom stereocenters. The topological polar surface area (TPSA) is 33.0 Å². The van der Waals surface area contributed by atoms with Crippen molar-refractivity contribution in [1.29, 1.82) is 5.26 Å². The van der Waals surface area contributed by atoms with Crippen molar-refractivity contribution in [2.24, 2.45) is 0 Å². The zero-order valence-corrected chi connectivity index (χ0v) is 10.0. The lowest BCUT2D eigenvalue weighted by Crippen LogP contribution is -2.11.